The monoisotopic (exact) mass is 217 g/mol. The van der Waals surface area contributed by atoms with E-state index in [4.69, 9.17) is 5.14 Å². The van der Waals surface area contributed by atoms with E-state index in [0.717, 1.165) is 11.1 Å². The van der Waals surface area contributed by atoms with Gasteiger partial charge in [-0.25, -0.2) is 9.35 Å². The van der Waals surface area contributed by atoms with Crippen LogP contribution in [-0.4, -0.2) is 4.21 Å². The average molecular weight is 217 g/mol. The Morgan fingerprint density at radius 1 is 0.800 bits per heavy atom. The molecule has 2 rings (SSSR count). The van der Waals surface area contributed by atoms with Crippen molar-refractivity contribution in [3.8, 4) is 11.1 Å². The quantitative estimate of drug-likeness (QED) is 0.824. The van der Waals surface area contributed by atoms with Crippen LogP contribution >= 0.6 is 0 Å². The Kier molecular flexibility index (Phi) is 2.94. The van der Waals surface area contributed by atoms with Crippen LogP contribution in [0.25, 0.3) is 11.1 Å². The van der Waals surface area contributed by atoms with Crippen LogP contribution in [0.4, 0.5) is 0 Å². The zero-order valence-electron chi connectivity index (χ0n) is 8.09. The fourth-order valence-electron chi connectivity index (χ4n) is 1.41. The standard InChI is InChI=1S/C12H11NOS/c13-15(14)12-8-6-11(7-9-12)10-4-2-1-3-5-10/h1-9H,13H2. The van der Waals surface area contributed by atoms with E-state index in [1.165, 1.54) is 0 Å². The minimum atomic E-state index is -1.39. The summed E-state index contributed by atoms with van der Waals surface area (Å²) in [5.41, 5.74) is 2.25. The summed E-state index contributed by atoms with van der Waals surface area (Å²) in [7, 11) is -1.39. The topological polar surface area (TPSA) is 43.1 Å². The minimum absolute atomic E-state index is 0.648. The van der Waals surface area contributed by atoms with E-state index >= 15 is 0 Å². The molecule has 15 heavy (non-hydrogen) atoms. The van der Waals surface area contributed by atoms with Crippen molar-refractivity contribution in [3.63, 3.8) is 0 Å². The molecule has 2 aromatic rings. The molecular formula is C12H11NOS. The molecule has 0 aromatic heterocycles. The number of hydrogen-bond donors (Lipinski definition) is 1. The predicted octanol–water partition coefficient (Wildman–Crippen LogP) is 2.33. The van der Waals surface area contributed by atoms with Crippen LogP contribution in [0.1, 0.15) is 0 Å². The molecule has 3 heteroatoms. The maximum atomic E-state index is 11.0. The number of rotatable bonds is 2. The highest BCUT2D eigenvalue weighted by atomic mass is 32.2. The van der Waals surface area contributed by atoms with Gasteiger partial charge in [0.2, 0.25) is 0 Å². The second kappa shape index (κ2) is 4.38. The van der Waals surface area contributed by atoms with Crippen molar-refractivity contribution < 1.29 is 4.21 Å². The highest BCUT2D eigenvalue weighted by Gasteiger charge is 1.99. The van der Waals surface area contributed by atoms with Crippen molar-refractivity contribution >= 4 is 11.0 Å². The van der Waals surface area contributed by atoms with Gasteiger partial charge in [0.05, 0.1) is 4.90 Å². The first-order valence-electron chi connectivity index (χ1n) is 4.59. The molecule has 0 aliphatic rings. The lowest BCUT2D eigenvalue weighted by molar-refractivity contribution is 0.684. The van der Waals surface area contributed by atoms with Crippen molar-refractivity contribution in [3.05, 3.63) is 54.6 Å². The van der Waals surface area contributed by atoms with E-state index in [9.17, 15) is 4.21 Å². The van der Waals surface area contributed by atoms with Gasteiger partial charge in [-0.05, 0) is 23.3 Å². The summed E-state index contributed by atoms with van der Waals surface area (Å²) in [5, 5.41) is 5.27. The predicted molar refractivity (Wildman–Crippen MR) is 62.5 cm³/mol. The maximum absolute atomic E-state index is 11.0. The number of hydrogen-bond acceptors (Lipinski definition) is 1. The van der Waals surface area contributed by atoms with Crippen molar-refractivity contribution in [2.24, 2.45) is 5.14 Å². The molecule has 0 radical (unpaired) electrons. The van der Waals surface area contributed by atoms with Crippen molar-refractivity contribution in [1.29, 1.82) is 0 Å². The van der Waals surface area contributed by atoms with Crippen LogP contribution in [0, 0.1) is 0 Å². The highest BCUT2D eigenvalue weighted by Crippen LogP contribution is 2.19. The molecule has 76 valence electrons. The molecule has 0 aliphatic heterocycles. The third kappa shape index (κ3) is 2.32. The zero-order valence-corrected chi connectivity index (χ0v) is 8.91. The van der Waals surface area contributed by atoms with Crippen molar-refractivity contribution in [2.75, 3.05) is 0 Å². The minimum Gasteiger partial charge on any atom is -0.248 e. The molecule has 0 fully saturated rings. The summed E-state index contributed by atoms with van der Waals surface area (Å²) in [6.07, 6.45) is 0. The van der Waals surface area contributed by atoms with E-state index < -0.39 is 11.0 Å². The molecule has 1 atom stereocenters. The first-order chi connectivity index (χ1) is 7.27. The lowest BCUT2D eigenvalue weighted by Crippen LogP contribution is -2.01. The van der Waals surface area contributed by atoms with Gasteiger partial charge in [-0.1, -0.05) is 42.5 Å². The Morgan fingerprint density at radius 3 is 1.87 bits per heavy atom. The summed E-state index contributed by atoms with van der Waals surface area (Å²) in [6, 6.07) is 17.5. The van der Waals surface area contributed by atoms with Crippen LogP contribution in [0.15, 0.2) is 59.5 Å². The van der Waals surface area contributed by atoms with E-state index in [1.807, 2.05) is 42.5 Å². The largest absolute Gasteiger partial charge is 0.248 e. The van der Waals surface area contributed by atoms with E-state index in [1.54, 1.807) is 12.1 Å². The van der Waals surface area contributed by atoms with E-state index in [0.29, 0.717) is 4.90 Å². The fraction of sp³-hybridized carbons (Fsp3) is 0. The average Bonchev–Trinajstić information content (AvgIpc) is 2.30. The summed E-state index contributed by atoms with van der Waals surface area (Å²) >= 11 is 0. The molecule has 0 bridgehead atoms. The smallest absolute Gasteiger partial charge is 0.122 e. The van der Waals surface area contributed by atoms with Crippen LogP contribution in [0.3, 0.4) is 0 Å². The van der Waals surface area contributed by atoms with E-state index in [2.05, 4.69) is 0 Å². The van der Waals surface area contributed by atoms with Crippen LogP contribution in [-0.2, 0) is 11.0 Å². The first-order valence-corrected chi connectivity index (χ1v) is 5.80. The summed E-state index contributed by atoms with van der Waals surface area (Å²) in [6.45, 7) is 0. The van der Waals surface area contributed by atoms with Crippen molar-refractivity contribution in [2.45, 2.75) is 4.90 Å². The van der Waals surface area contributed by atoms with Gasteiger partial charge in [0, 0.05) is 0 Å². The lowest BCUT2D eigenvalue weighted by Gasteiger charge is -2.01. The summed E-state index contributed by atoms with van der Waals surface area (Å²) < 4.78 is 11.0. The second-order valence-electron chi connectivity index (χ2n) is 3.19. The molecule has 0 heterocycles. The van der Waals surface area contributed by atoms with Gasteiger partial charge < -0.3 is 0 Å². The van der Waals surface area contributed by atoms with Gasteiger partial charge in [-0.3, -0.25) is 0 Å². The molecule has 0 spiro atoms. The van der Waals surface area contributed by atoms with Crippen LogP contribution in [0.5, 0.6) is 0 Å². The number of nitrogens with two attached hydrogens (primary N) is 1. The molecule has 0 amide bonds. The highest BCUT2D eigenvalue weighted by molar-refractivity contribution is 7.82. The molecular weight excluding hydrogens is 206 g/mol. The normalized spacial score (nSPS) is 12.3. The van der Waals surface area contributed by atoms with Gasteiger partial charge in [-0.2, -0.15) is 0 Å². The molecule has 2 N–H and O–H groups in total. The van der Waals surface area contributed by atoms with Gasteiger partial charge >= 0.3 is 0 Å². The van der Waals surface area contributed by atoms with Crippen molar-refractivity contribution in [1.82, 2.24) is 0 Å². The first kappa shape index (κ1) is 10.1. The maximum Gasteiger partial charge on any atom is 0.122 e. The van der Waals surface area contributed by atoms with Gasteiger partial charge in [0.1, 0.15) is 11.0 Å². The van der Waals surface area contributed by atoms with Gasteiger partial charge in [0.25, 0.3) is 0 Å². The number of benzene rings is 2. The lowest BCUT2D eigenvalue weighted by atomic mass is 10.1. The summed E-state index contributed by atoms with van der Waals surface area (Å²) in [4.78, 5) is 0.648. The molecule has 0 aliphatic carbocycles. The third-order valence-corrected chi connectivity index (χ3v) is 2.93. The molecule has 2 aromatic carbocycles. The Bertz CT molecular complexity index is 465. The summed E-state index contributed by atoms with van der Waals surface area (Å²) in [5.74, 6) is 0. The molecule has 0 saturated heterocycles. The van der Waals surface area contributed by atoms with Crippen LogP contribution < -0.4 is 5.14 Å². The van der Waals surface area contributed by atoms with Gasteiger partial charge in [0.15, 0.2) is 0 Å². The molecule has 0 saturated carbocycles. The zero-order chi connectivity index (χ0) is 10.7. The molecule has 1 unspecified atom stereocenters. The Morgan fingerprint density at radius 2 is 1.33 bits per heavy atom. The fourth-order valence-corrected chi connectivity index (χ4v) is 1.82. The van der Waals surface area contributed by atoms with Crippen LogP contribution in [0.2, 0.25) is 0 Å². The Balaban J connectivity index is 2.36. The van der Waals surface area contributed by atoms with E-state index in [-0.39, 0.29) is 0 Å². The SMILES string of the molecule is NS(=O)c1ccc(-c2ccccc2)cc1. The second-order valence-corrected chi connectivity index (χ2v) is 4.25. The molecule has 2 nitrogen and oxygen atoms in total. The third-order valence-electron chi connectivity index (χ3n) is 2.19. The van der Waals surface area contributed by atoms with Gasteiger partial charge in [-0.15, -0.1) is 0 Å². The Labute approximate surface area is 91.3 Å². The Hall–Kier alpha value is -1.45.